The summed E-state index contributed by atoms with van der Waals surface area (Å²) in [5.41, 5.74) is 13.2. The van der Waals surface area contributed by atoms with E-state index in [0.717, 1.165) is 78.5 Å². The Kier molecular flexibility index (Phi) is 6.28. The summed E-state index contributed by atoms with van der Waals surface area (Å²) >= 11 is 0. The fourth-order valence-electron chi connectivity index (χ4n) is 8.10. The van der Waals surface area contributed by atoms with Gasteiger partial charge in [-0.25, -0.2) is 0 Å². The van der Waals surface area contributed by atoms with Crippen LogP contribution in [0.25, 0.3) is 60.9 Å². The minimum absolute atomic E-state index is 0.0857. The average Bonchev–Trinajstić information content (AvgIpc) is 3.55. The molecule has 0 spiro atoms. The van der Waals surface area contributed by atoms with Gasteiger partial charge in [0.1, 0.15) is 23.0 Å². The molecule has 9 aromatic rings. The van der Waals surface area contributed by atoms with E-state index in [1.807, 2.05) is 24.5 Å². The average molecular weight is 666 g/mol. The number of rotatable bonds is 4. The Bertz CT molecular complexity index is 2680. The number of pyridine rings is 2. The Hall–Kier alpha value is -6.92. The molecule has 0 radical (unpaired) electrons. The van der Waals surface area contributed by atoms with Crippen molar-refractivity contribution < 1.29 is 9.47 Å². The van der Waals surface area contributed by atoms with E-state index in [-0.39, 0.29) is 6.71 Å². The van der Waals surface area contributed by atoms with Crippen molar-refractivity contribution in [2.75, 3.05) is 0 Å². The lowest BCUT2D eigenvalue weighted by Crippen LogP contribution is -2.57. The number of aromatic nitrogens is 3. The van der Waals surface area contributed by atoms with Gasteiger partial charge >= 0.3 is 0 Å². The highest BCUT2D eigenvalue weighted by Gasteiger charge is 2.41. The summed E-state index contributed by atoms with van der Waals surface area (Å²) in [4.78, 5) is 8.76. The van der Waals surface area contributed by atoms with Crippen LogP contribution in [0.2, 0.25) is 0 Å². The van der Waals surface area contributed by atoms with E-state index in [4.69, 9.17) is 9.47 Å². The van der Waals surface area contributed by atoms with Gasteiger partial charge in [0.25, 0.3) is 6.71 Å². The summed E-state index contributed by atoms with van der Waals surface area (Å²) in [5, 5.41) is 2.50. The van der Waals surface area contributed by atoms with Crippen molar-refractivity contribution in [2.45, 2.75) is 0 Å². The molecule has 0 amide bonds. The van der Waals surface area contributed by atoms with Gasteiger partial charge in [-0.2, -0.15) is 0 Å². The first-order valence-electron chi connectivity index (χ1n) is 17.5. The summed E-state index contributed by atoms with van der Waals surface area (Å²) in [6, 6.07) is 51.4. The summed E-state index contributed by atoms with van der Waals surface area (Å²) in [6.45, 7) is -0.0857. The molecule has 0 atom stereocenters. The zero-order valence-electron chi connectivity index (χ0n) is 27.9. The molecule has 0 fully saturated rings. The predicted octanol–water partition coefficient (Wildman–Crippen LogP) is 9.30. The maximum atomic E-state index is 6.78. The molecule has 0 saturated carbocycles. The zero-order valence-corrected chi connectivity index (χ0v) is 27.9. The maximum Gasteiger partial charge on any atom is 0.260 e. The van der Waals surface area contributed by atoms with Gasteiger partial charge in [-0.3, -0.25) is 9.97 Å². The van der Waals surface area contributed by atoms with Crippen LogP contribution in [0.3, 0.4) is 0 Å². The van der Waals surface area contributed by atoms with Crippen molar-refractivity contribution in [3.8, 4) is 62.1 Å². The number of nitrogens with zero attached hydrogens (tertiary/aromatic N) is 3. The van der Waals surface area contributed by atoms with Crippen molar-refractivity contribution >= 4 is 44.9 Å². The van der Waals surface area contributed by atoms with E-state index in [2.05, 4.69) is 148 Å². The Labute approximate surface area is 300 Å². The fourth-order valence-corrected chi connectivity index (χ4v) is 8.10. The Morgan fingerprint density at radius 1 is 0.423 bits per heavy atom. The third-order valence-corrected chi connectivity index (χ3v) is 10.5. The van der Waals surface area contributed by atoms with Crippen LogP contribution in [0.1, 0.15) is 0 Å². The van der Waals surface area contributed by atoms with Gasteiger partial charge in [-0.1, -0.05) is 84.9 Å². The molecule has 6 heteroatoms. The van der Waals surface area contributed by atoms with Crippen LogP contribution >= 0.6 is 0 Å². The lowest BCUT2D eigenvalue weighted by molar-refractivity contribution is 0.465. The summed E-state index contributed by atoms with van der Waals surface area (Å²) < 4.78 is 15.9. The number of para-hydroxylation sites is 2. The lowest BCUT2D eigenvalue weighted by Gasteiger charge is -2.34. The molecule has 0 aliphatic carbocycles. The highest BCUT2D eigenvalue weighted by Crippen LogP contribution is 2.40. The van der Waals surface area contributed by atoms with E-state index in [0.29, 0.717) is 0 Å². The second-order valence-electron chi connectivity index (χ2n) is 13.4. The largest absolute Gasteiger partial charge is 0.458 e. The van der Waals surface area contributed by atoms with Crippen molar-refractivity contribution in [3.05, 3.63) is 170 Å². The van der Waals surface area contributed by atoms with E-state index < -0.39 is 0 Å². The molecule has 2 aliphatic rings. The zero-order chi connectivity index (χ0) is 34.2. The van der Waals surface area contributed by atoms with Gasteiger partial charge in [-0.05, 0) is 105 Å². The number of hydrogen-bond donors (Lipinski definition) is 0. The normalized spacial score (nSPS) is 12.5. The molecule has 0 saturated heterocycles. The van der Waals surface area contributed by atoms with Crippen LogP contribution in [-0.4, -0.2) is 21.2 Å². The summed E-state index contributed by atoms with van der Waals surface area (Å²) in [5.74, 6) is 3.30. The van der Waals surface area contributed by atoms with Crippen molar-refractivity contribution in [2.24, 2.45) is 0 Å². The van der Waals surface area contributed by atoms with Gasteiger partial charge in [-0.15, -0.1) is 0 Å². The molecular weight excluding hydrogens is 637 g/mol. The first-order valence-corrected chi connectivity index (χ1v) is 17.5. The molecular formula is C46H28BN3O2. The maximum absolute atomic E-state index is 6.78. The standard InChI is InChI=1S/C46H28BN3O2/c1-3-11-40-36(9-1)37-10-2-4-12-41(37)50(40)35-17-13-29(14-18-35)34-25-44-46-45(26-34)52-43-20-16-31(33-8-6-22-49-28-33)24-39(43)47(46)38-23-30(15-19-42(38)51-44)32-7-5-21-48-27-32/h1-28H. The van der Waals surface area contributed by atoms with Gasteiger partial charge in [0.05, 0.1) is 11.0 Å². The van der Waals surface area contributed by atoms with Crippen molar-refractivity contribution in [1.29, 1.82) is 0 Å². The van der Waals surface area contributed by atoms with Crippen LogP contribution in [0.5, 0.6) is 23.0 Å². The van der Waals surface area contributed by atoms with Crippen LogP contribution in [0.15, 0.2) is 170 Å². The fraction of sp³-hybridized carbons (Fsp3) is 0. The number of benzene rings is 6. The van der Waals surface area contributed by atoms with E-state index in [1.165, 1.54) is 21.8 Å². The monoisotopic (exact) mass is 665 g/mol. The molecule has 0 N–H and O–H groups in total. The molecule has 5 nitrogen and oxygen atoms in total. The molecule has 5 heterocycles. The smallest absolute Gasteiger partial charge is 0.260 e. The molecule has 0 bridgehead atoms. The number of fused-ring (bicyclic) bond motifs is 7. The number of ether oxygens (including phenoxy) is 2. The Balaban J connectivity index is 1.05. The van der Waals surface area contributed by atoms with Crippen LogP contribution in [0.4, 0.5) is 0 Å². The quantitative estimate of drug-likeness (QED) is 0.176. The van der Waals surface area contributed by atoms with Crippen LogP contribution in [-0.2, 0) is 0 Å². The molecule has 3 aromatic heterocycles. The highest BCUT2D eigenvalue weighted by molar-refractivity contribution is 6.98. The van der Waals surface area contributed by atoms with E-state index in [1.54, 1.807) is 12.4 Å². The molecule has 11 rings (SSSR count). The first-order chi connectivity index (χ1) is 25.8. The summed E-state index contributed by atoms with van der Waals surface area (Å²) in [7, 11) is 0. The Morgan fingerprint density at radius 3 is 1.46 bits per heavy atom. The third-order valence-electron chi connectivity index (χ3n) is 10.5. The molecule has 6 aromatic carbocycles. The van der Waals surface area contributed by atoms with Gasteiger partial charge in [0.15, 0.2) is 0 Å². The molecule has 0 unspecified atom stereocenters. The van der Waals surface area contributed by atoms with Crippen molar-refractivity contribution in [3.63, 3.8) is 0 Å². The Morgan fingerprint density at radius 2 is 0.942 bits per heavy atom. The van der Waals surface area contributed by atoms with Gasteiger partial charge < -0.3 is 14.0 Å². The molecule has 52 heavy (non-hydrogen) atoms. The summed E-state index contributed by atoms with van der Waals surface area (Å²) in [6.07, 6.45) is 7.42. The lowest BCUT2D eigenvalue weighted by atomic mass is 9.34. The number of hydrogen-bond acceptors (Lipinski definition) is 4. The SMILES string of the molecule is c1cncc(-c2ccc3c(c2)B2c4cc(-c5cccnc5)ccc4Oc4cc(-c5ccc(-n6c7ccccc7c7ccccc76)cc5)cc(c42)O3)c1. The van der Waals surface area contributed by atoms with Gasteiger partial charge in [0, 0.05) is 46.7 Å². The van der Waals surface area contributed by atoms with Gasteiger partial charge in [0.2, 0.25) is 0 Å². The minimum Gasteiger partial charge on any atom is -0.458 e. The molecule has 2 aliphatic heterocycles. The highest BCUT2D eigenvalue weighted by atomic mass is 16.5. The second kappa shape index (κ2) is 11.3. The van der Waals surface area contributed by atoms with Crippen molar-refractivity contribution in [1.82, 2.24) is 14.5 Å². The predicted molar refractivity (Wildman–Crippen MR) is 210 cm³/mol. The van der Waals surface area contributed by atoms with Crippen LogP contribution < -0.4 is 25.9 Å². The first kappa shape index (κ1) is 28.9. The van der Waals surface area contributed by atoms with E-state index >= 15 is 0 Å². The van der Waals surface area contributed by atoms with Crippen LogP contribution in [0, 0.1) is 0 Å². The second-order valence-corrected chi connectivity index (χ2v) is 13.4. The van der Waals surface area contributed by atoms with E-state index in [9.17, 15) is 0 Å². The molecule has 242 valence electrons. The topological polar surface area (TPSA) is 49.2 Å². The minimum atomic E-state index is -0.0857. The third kappa shape index (κ3) is 4.44.